The number of aromatic nitrogens is 1. The van der Waals surface area contributed by atoms with Gasteiger partial charge in [-0.3, -0.25) is 9.79 Å². The number of aliphatic imine (C=N–C) groups is 1. The monoisotopic (exact) mass is 356 g/mol. The Kier molecular flexibility index (Phi) is 5.45. The number of nitrogens with one attached hydrogen (secondary N) is 2. The SMILES string of the molecule is CNC(=O)C1=N/C=C\C(OC2=CCc3sc(NC)nc3C=C2)=CCC1. The molecular formula is C18H20N4O2S. The lowest BCUT2D eigenvalue weighted by Gasteiger charge is -2.09. The number of rotatable bonds is 4. The minimum Gasteiger partial charge on any atom is -0.458 e. The van der Waals surface area contributed by atoms with Crippen LogP contribution in [0.25, 0.3) is 6.08 Å². The van der Waals surface area contributed by atoms with Crippen LogP contribution >= 0.6 is 11.3 Å². The smallest absolute Gasteiger partial charge is 0.265 e. The molecule has 1 aliphatic heterocycles. The topological polar surface area (TPSA) is 75.6 Å². The molecule has 0 spiro atoms. The Morgan fingerprint density at radius 3 is 2.84 bits per heavy atom. The molecule has 130 valence electrons. The van der Waals surface area contributed by atoms with Crippen molar-refractivity contribution in [1.29, 1.82) is 0 Å². The number of hydrogen-bond acceptors (Lipinski definition) is 6. The minimum atomic E-state index is -0.142. The minimum absolute atomic E-state index is 0.142. The molecule has 25 heavy (non-hydrogen) atoms. The fourth-order valence-corrected chi connectivity index (χ4v) is 3.32. The van der Waals surface area contributed by atoms with E-state index in [1.165, 1.54) is 4.88 Å². The first kappa shape index (κ1) is 17.2. The van der Waals surface area contributed by atoms with E-state index in [-0.39, 0.29) is 5.91 Å². The lowest BCUT2D eigenvalue weighted by Crippen LogP contribution is -2.27. The largest absolute Gasteiger partial charge is 0.458 e. The maximum absolute atomic E-state index is 11.6. The average molecular weight is 356 g/mol. The summed E-state index contributed by atoms with van der Waals surface area (Å²) in [5, 5.41) is 6.59. The molecular weight excluding hydrogens is 336 g/mol. The van der Waals surface area contributed by atoms with Crippen molar-refractivity contribution in [2.45, 2.75) is 19.3 Å². The van der Waals surface area contributed by atoms with Crippen LogP contribution in [0.3, 0.4) is 0 Å². The van der Waals surface area contributed by atoms with Crippen LogP contribution in [0.4, 0.5) is 5.13 Å². The number of thiazole rings is 1. The molecule has 1 aliphatic carbocycles. The third kappa shape index (κ3) is 4.24. The number of anilines is 1. The zero-order chi connectivity index (χ0) is 17.6. The summed E-state index contributed by atoms with van der Waals surface area (Å²) in [5.41, 5.74) is 1.50. The number of amides is 1. The highest BCUT2D eigenvalue weighted by Gasteiger charge is 2.12. The van der Waals surface area contributed by atoms with Crippen molar-refractivity contribution in [3.63, 3.8) is 0 Å². The quantitative estimate of drug-likeness (QED) is 0.869. The van der Waals surface area contributed by atoms with Crippen LogP contribution in [-0.2, 0) is 16.0 Å². The van der Waals surface area contributed by atoms with E-state index in [1.807, 2.05) is 31.4 Å². The lowest BCUT2D eigenvalue weighted by atomic mass is 10.1. The van der Waals surface area contributed by atoms with Gasteiger partial charge in [-0.2, -0.15) is 0 Å². The van der Waals surface area contributed by atoms with Gasteiger partial charge in [-0.1, -0.05) is 0 Å². The Hall–Kier alpha value is -2.67. The highest BCUT2D eigenvalue weighted by Crippen LogP contribution is 2.28. The van der Waals surface area contributed by atoms with E-state index < -0.39 is 0 Å². The van der Waals surface area contributed by atoms with E-state index in [1.54, 1.807) is 30.7 Å². The predicted molar refractivity (Wildman–Crippen MR) is 102 cm³/mol. The first-order valence-corrected chi connectivity index (χ1v) is 8.90. The maximum Gasteiger partial charge on any atom is 0.265 e. The van der Waals surface area contributed by atoms with E-state index in [0.717, 1.165) is 28.8 Å². The van der Waals surface area contributed by atoms with E-state index in [2.05, 4.69) is 20.6 Å². The molecule has 2 aliphatic rings. The molecule has 0 saturated carbocycles. The van der Waals surface area contributed by atoms with Gasteiger partial charge in [0.2, 0.25) is 0 Å². The number of hydrogen-bond donors (Lipinski definition) is 2. The van der Waals surface area contributed by atoms with E-state index >= 15 is 0 Å². The van der Waals surface area contributed by atoms with Gasteiger partial charge in [0.25, 0.3) is 5.91 Å². The molecule has 1 amide bonds. The molecule has 1 aromatic rings. The first-order chi connectivity index (χ1) is 12.2. The normalized spacial score (nSPS) is 17.8. The third-order valence-electron chi connectivity index (χ3n) is 3.76. The van der Waals surface area contributed by atoms with Crippen molar-refractivity contribution in [2.75, 3.05) is 19.4 Å². The zero-order valence-corrected chi connectivity index (χ0v) is 15.0. The second kappa shape index (κ2) is 7.94. The molecule has 0 atom stereocenters. The van der Waals surface area contributed by atoms with Gasteiger partial charge < -0.3 is 15.4 Å². The molecule has 2 heterocycles. The Morgan fingerprint density at radius 1 is 1.20 bits per heavy atom. The molecule has 0 bridgehead atoms. The van der Waals surface area contributed by atoms with Crippen molar-refractivity contribution < 1.29 is 9.53 Å². The van der Waals surface area contributed by atoms with Crippen molar-refractivity contribution >= 4 is 34.2 Å². The molecule has 1 aromatic heterocycles. The summed E-state index contributed by atoms with van der Waals surface area (Å²) in [6.07, 6.45) is 13.4. The van der Waals surface area contributed by atoms with Crippen molar-refractivity contribution in [3.8, 4) is 0 Å². The molecule has 7 heteroatoms. The second-order valence-corrected chi connectivity index (χ2v) is 6.52. The summed E-state index contributed by atoms with van der Waals surface area (Å²) in [4.78, 5) is 21.6. The van der Waals surface area contributed by atoms with Gasteiger partial charge in [0, 0.05) is 31.6 Å². The van der Waals surface area contributed by atoms with Crippen LogP contribution < -0.4 is 10.6 Å². The third-order valence-corrected chi connectivity index (χ3v) is 4.87. The van der Waals surface area contributed by atoms with Crippen molar-refractivity contribution in [3.05, 3.63) is 52.6 Å². The number of fused-ring (bicyclic) bond motifs is 1. The molecule has 0 fully saturated rings. The summed E-state index contributed by atoms with van der Waals surface area (Å²) >= 11 is 1.65. The summed E-state index contributed by atoms with van der Waals surface area (Å²) < 4.78 is 5.97. The van der Waals surface area contributed by atoms with Gasteiger partial charge in [0.15, 0.2) is 5.13 Å². The van der Waals surface area contributed by atoms with Gasteiger partial charge in [-0.05, 0) is 43.2 Å². The van der Waals surface area contributed by atoms with Gasteiger partial charge in [-0.15, -0.1) is 11.3 Å². The summed E-state index contributed by atoms with van der Waals surface area (Å²) in [6, 6.07) is 0. The fraction of sp³-hybridized carbons (Fsp3) is 0.278. The van der Waals surface area contributed by atoms with Crippen LogP contribution in [0.2, 0.25) is 0 Å². The molecule has 6 nitrogen and oxygen atoms in total. The van der Waals surface area contributed by atoms with E-state index in [0.29, 0.717) is 18.6 Å². The Morgan fingerprint density at radius 2 is 2.04 bits per heavy atom. The summed E-state index contributed by atoms with van der Waals surface area (Å²) in [5.74, 6) is 1.37. The van der Waals surface area contributed by atoms with Gasteiger partial charge in [0.05, 0.1) is 5.69 Å². The van der Waals surface area contributed by atoms with Gasteiger partial charge in [-0.25, -0.2) is 4.98 Å². The Labute approximate surface area is 150 Å². The summed E-state index contributed by atoms with van der Waals surface area (Å²) in [6.45, 7) is 0. The second-order valence-electron chi connectivity index (χ2n) is 5.44. The molecule has 0 radical (unpaired) electrons. The number of carbonyl (C=O) groups excluding carboxylic acids is 1. The van der Waals surface area contributed by atoms with Crippen molar-refractivity contribution in [1.82, 2.24) is 10.3 Å². The van der Waals surface area contributed by atoms with E-state index in [4.69, 9.17) is 4.74 Å². The molecule has 2 N–H and O–H groups in total. The van der Waals surface area contributed by atoms with Crippen LogP contribution in [-0.4, -0.2) is 30.7 Å². The highest BCUT2D eigenvalue weighted by molar-refractivity contribution is 7.15. The van der Waals surface area contributed by atoms with Crippen LogP contribution in [0.15, 0.2) is 47.0 Å². The number of carbonyl (C=O) groups is 1. The first-order valence-electron chi connectivity index (χ1n) is 8.08. The fourth-order valence-electron chi connectivity index (χ4n) is 2.46. The maximum atomic E-state index is 11.6. The lowest BCUT2D eigenvalue weighted by molar-refractivity contribution is -0.114. The zero-order valence-electron chi connectivity index (χ0n) is 14.2. The van der Waals surface area contributed by atoms with E-state index in [9.17, 15) is 4.79 Å². The average Bonchev–Trinajstić information content (AvgIpc) is 2.91. The van der Waals surface area contributed by atoms with Gasteiger partial charge in [0.1, 0.15) is 17.2 Å². The molecule has 3 rings (SSSR count). The van der Waals surface area contributed by atoms with Crippen LogP contribution in [0.5, 0.6) is 0 Å². The molecule has 0 saturated heterocycles. The van der Waals surface area contributed by atoms with Crippen LogP contribution in [0, 0.1) is 0 Å². The predicted octanol–water partition coefficient (Wildman–Crippen LogP) is 3.03. The number of nitrogens with zero attached hydrogens (tertiary/aromatic N) is 2. The van der Waals surface area contributed by atoms with Gasteiger partial charge >= 0.3 is 0 Å². The standard InChI is InChI=1S/C18H20N4O2S/c1-19-17(23)15-5-3-4-12(10-11-21-15)24-13-6-8-14-16(9-7-13)25-18(20-2)22-14/h4,6-8,10-11H,3,5,9H2,1-2H3,(H,19,23)(H,20,22)/b11-10-,12-4?,21-15?. The summed E-state index contributed by atoms with van der Waals surface area (Å²) in [7, 11) is 3.48. The van der Waals surface area contributed by atoms with Crippen molar-refractivity contribution in [2.24, 2.45) is 4.99 Å². The number of allylic oxidation sites excluding steroid dienone is 4. The molecule has 0 aromatic carbocycles. The molecule has 0 unspecified atom stereocenters. The Balaban J connectivity index is 1.68. The Bertz CT molecular complexity index is 815. The van der Waals surface area contributed by atoms with Crippen LogP contribution in [0.1, 0.15) is 23.4 Å². The number of ether oxygens (including phenoxy) is 1. The highest BCUT2D eigenvalue weighted by atomic mass is 32.1.